The van der Waals surface area contributed by atoms with Gasteiger partial charge in [0.15, 0.2) is 11.6 Å². The Morgan fingerprint density at radius 2 is 2.00 bits per heavy atom. The molecule has 1 unspecified atom stereocenters. The van der Waals surface area contributed by atoms with E-state index in [1.54, 1.807) is 6.07 Å². The first-order valence-electron chi connectivity index (χ1n) is 5.82. The van der Waals surface area contributed by atoms with Gasteiger partial charge in [-0.3, -0.25) is 0 Å². The van der Waals surface area contributed by atoms with Crippen molar-refractivity contribution in [3.63, 3.8) is 0 Å². The smallest absolute Gasteiger partial charge is 0.160 e. The average molecular weight is 240 g/mol. The number of anilines is 1. The Morgan fingerprint density at radius 1 is 1.29 bits per heavy atom. The van der Waals surface area contributed by atoms with Crippen molar-refractivity contribution in [1.82, 2.24) is 5.32 Å². The SMILES string of the molecule is CN(c1ccc(F)c(F)c1)C1CNC(C)(C)C1. The van der Waals surface area contributed by atoms with Gasteiger partial charge in [-0.1, -0.05) is 0 Å². The van der Waals surface area contributed by atoms with E-state index in [1.165, 1.54) is 12.1 Å². The molecule has 1 aromatic rings. The normalized spacial score (nSPS) is 22.8. The summed E-state index contributed by atoms with van der Waals surface area (Å²) in [5, 5.41) is 3.41. The second-order valence-corrected chi connectivity index (χ2v) is 5.33. The molecule has 1 aliphatic rings. The number of benzene rings is 1. The summed E-state index contributed by atoms with van der Waals surface area (Å²) in [7, 11) is 1.92. The summed E-state index contributed by atoms with van der Waals surface area (Å²) >= 11 is 0. The zero-order chi connectivity index (χ0) is 12.6. The van der Waals surface area contributed by atoms with E-state index in [0.29, 0.717) is 11.7 Å². The lowest BCUT2D eigenvalue weighted by Crippen LogP contribution is -2.33. The molecule has 0 bridgehead atoms. The molecule has 2 nitrogen and oxygen atoms in total. The minimum Gasteiger partial charge on any atom is -0.370 e. The highest BCUT2D eigenvalue weighted by Gasteiger charge is 2.32. The fourth-order valence-electron chi connectivity index (χ4n) is 2.32. The lowest BCUT2D eigenvalue weighted by Gasteiger charge is -2.27. The average Bonchev–Trinajstić information content (AvgIpc) is 2.62. The number of hydrogen-bond donors (Lipinski definition) is 1. The maximum absolute atomic E-state index is 13.2. The Morgan fingerprint density at radius 3 is 2.53 bits per heavy atom. The number of nitrogens with one attached hydrogen (secondary N) is 1. The van der Waals surface area contributed by atoms with Crippen LogP contribution in [-0.4, -0.2) is 25.2 Å². The van der Waals surface area contributed by atoms with E-state index in [9.17, 15) is 8.78 Å². The number of nitrogens with zero attached hydrogens (tertiary/aromatic N) is 1. The molecule has 1 heterocycles. The van der Waals surface area contributed by atoms with Crippen molar-refractivity contribution in [3.8, 4) is 0 Å². The second kappa shape index (κ2) is 4.26. The van der Waals surface area contributed by atoms with E-state index in [1.807, 2.05) is 11.9 Å². The summed E-state index contributed by atoms with van der Waals surface area (Å²) in [6, 6.07) is 4.36. The number of halogens is 2. The molecule has 1 fully saturated rings. The lowest BCUT2D eigenvalue weighted by molar-refractivity contribution is 0.454. The first kappa shape index (κ1) is 12.3. The van der Waals surface area contributed by atoms with E-state index in [2.05, 4.69) is 19.2 Å². The van der Waals surface area contributed by atoms with Crippen LogP contribution in [0.25, 0.3) is 0 Å². The lowest BCUT2D eigenvalue weighted by atomic mass is 10.0. The van der Waals surface area contributed by atoms with Gasteiger partial charge in [0.2, 0.25) is 0 Å². The highest BCUT2D eigenvalue weighted by molar-refractivity contribution is 5.47. The van der Waals surface area contributed by atoms with Gasteiger partial charge < -0.3 is 10.2 Å². The monoisotopic (exact) mass is 240 g/mol. The van der Waals surface area contributed by atoms with E-state index in [0.717, 1.165) is 13.0 Å². The van der Waals surface area contributed by atoms with Crippen molar-refractivity contribution in [2.45, 2.75) is 31.8 Å². The summed E-state index contributed by atoms with van der Waals surface area (Å²) < 4.78 is 26.0. The number of likely N-dealkylation sites (N-methyl/N-ethyl adjacent to an activating group) is 1. The van der Waals surface area contributed by atoms with Crippen LogP contribution in [0.15, 0.2) is 18.2 Å². The highest BCUT2D eigenvalue weighted by atomic mass is 19.2. The fraction of sp³-hybridized carbons (Fsp3) is 0.538. The Bertz CT molecular complexity index is 418. The molecule has 1 aromatic carbocycles. The van der Waals surface area contributed by atoms with Crippen molar-refractivity contribution in [1.29, 1.82) is 0 Å². The van der Waals surface area contributed by atoms with Crippen molar-refractivity contribution in [3.05, 3.63) is 29.8 Å². The standard InChI is InChI=1S/C13H18F2N2/c1-13(2)7-10(8-16-13)17(3)9-4-5-11(14)12(15)6-9/h4-6,10,16H,7-8H2,1-3H3. The fourth-order valence-corrected chi connectivity index (χ4v) is 2.32. The van der Waals surface area contributed by atoms with Gasteiger partial charge in [0.05, 0.1) is 0 Å². The molecule has 0 saturated carbocycles. The molecule has 1 N–H and O–H groups in total. The summed E-state index contributed by atoms with van der Waals surface area (Å²) in [6.07, 6.45) is 0.989. The van der Waals surface area contributed by atoms with E-state index >= 15 is 0 Å². The summed E-state index contributed by atoms with van der Waals surface area (Å²) in [5.74, 6) is -1.59. The maximum Gasteiger partial charge on any atom is 0.160 e. The molecule has 0 aromatic heterocycles. The van der Waals surface area contributed by atoms with Crippen molar-refractivity contribution < 1.29 is 8.78 Å². The third-order valence-electron chi connectivity index (χ3n) is 3.42. The minimum atomic E-state index is -0.799. The molecule has 0 aliphatic carbocycles. The molecule has 0 amide bonds. The highest BCUT2D eigenvalue weighted by Crippen LogP contribution is 2.26. The third-order valence-corrected chi connectivity index (χ3v) is 3.42. The molecule has 0 radical (unpaired) electrons. The van der Waals surface area contributed by atoms with E-state index in [-0.39, 0.29) is 5.54 Å². The number of hydrogen-bond acceptors (Lipinski definition) is 2. The van der Waals surface area contributed by atoms with Crippen LogP contribution in [0, 0.1) is 11.6 Å². The van der Waals surface area contributed by atoms with Gasteiger partial charge in [0.25, 0.3) is 0 Å². The zero-order valence-electron chi connectivity index (χ0n) is 10.4. The Labute approximate surface area is 101 Å². The molecule has 1 saturated heterocycles. The first-order chi connectivity index (χ1) is 7.89. The van der Waals surface area contributed by atoms with Gasteiger partial charge in [-0.05, 0) is 32.4 Å². The zero-order valence-corrected chi connectivity index (χ0v) is 10.4. The predicted molar refractivity (Wildman–Crippen MR) is 65.2 cm³/mol. The van der Waals surface area contributed by atoms with Gasteiger partial charge in [-0.15, -0.1) is 0 Å². The Balaban J connectivity index is 2.15. The summed E-state index contributed by atoms with van der Waals surface area (Å²) in [4.78, 5) is 2.00. The Hall–Kier alpha value is -1.16. The van der Waals surface area contributed by atoms with Crippen LogP contribution >= 0.6 is 0 Å². The summed E-state index contributed by atoms with van der Waals surface area (Å²) in [5.41, 5.74) is 0.825. The van der Waals surface area contributed by atoms with Crippen LogP contribution in [0.2, 0.25) is 0 Å². The topological polar surface area (TPSA) is 15.3 Å². The van der Waals surface area contributed by atoms with Crippen molar-refractivity contribution >= 4 is 5.69 Å². The van der Waals surface area contributed by atoms with E-state index < -0.39 is 11.6 Å². The van der Waals surface area contributed by atoms with Crippen LogP contribution in [0.3, 0.4) is 0 Å². The largest absolute Gasteiger partial charge is 0.370 e. The first-order valence-corrected chi connectivity index (χ1v) is 5.82. The molecule has 2 rings (SSSR count). The van der Waals surface area contributed by atoms with Gasteiger partial charge in [-0.25, -0.2) is 8.78 Å². The van der Waals surface area contributed by atoms with Gasteiger partial charge in [0, 0.05) is 36.9 Å². The van der Waals surface area contributed by atoms with Crippen LogP contribution in [-0.2, 0) is 0 Å². The molecule has 1 aliphatic heterocycles. The molecular formula is C13H18F2N2. The molecule has 17 heavy (non-hydrogen) atoms. The van der Waals surface area contributed by atoms with E-state index in [4.69, 9.17) is 0 Å². The van der Waals surface area contributed by atoms with Crippen LogP contribution in [0.5, 0.6) is 0 Å². The van der Waals surface area contributed by atoms with Gasteiger partial charge in [-0.2, -0.15) is 0 Å². The molecule has 94 valence electrons. The molecule has 0 spiro atoms. The van der Waals surface area contributed by atoms with Crippen LogP contribution in [0.4, 0.5) is 14.5 Å². The maximum atomic E-state index is 13.2. The van der Waals surface area contributed by atoms with Crippen LogP contribution < -0.4 is 10.2 Å². The molecular weight excluding hydrogens is 222 g/mol. The third kappa shape index (κ3) is 2.57. The number of rotatable bonds is 2. The second-order valence-electron chi connectivity index (χ2n) is 5.33. The van der Waals surface area contributed by atoms with Crippen molar-refractivity contribution in [2.24, 2.45) is 0 Å². The van der Waals surface area contributed by atoms with Crippen LogP contribution in [0.1, 0.15) is 20.3 Å². The predicted octanol–water partition coefficient (Wildman–Crippen LogP) is 2.54. The van der Waals surface area contributed by atoms with Gasteiger partial charge in [0.1, 0.15) is 0 Å². The molecule has 1 atom stereocenters. The Kier molecular flexibility index (Phi) is 3.08. The van der Waals surface area contributed by atoms with Crippen molar-refractivity contribution in [2.75, 3.05) is 18.5 Å². The van der Waals surface area contributed by atoms with Gasteiger partial charge >= 0.3 is 0 Å². The molecule has 4 heteroatoms. The quantitative estimate of drug-likeness (QED) is 0.854. The summed E-state index contributed by atoms with van der Waals surface area (Å²) in [6.45, 7) is 5.15. The minimum absolute atomic E-state index is 0.109.